The molecule has 0 aliphatic rings. The average molecular weight is 363 g/mol. The fourth-order valence-corrected chi connectivity index (χ4v) is 2.32. The van der Waals surface area contributed by atoms with E-state index >= 15 is 0 Å². The van der Waals surface area contributed by atoms with E-state index in [2.05, 4.69) is 0 Å². The molecule has 132 valence electrons. The van der Waals surface area contributed by atoms with Gasteiger partial charge in [0.2, 0.25) is 0 Å². The summed E-state index contributed by atoms with van der Waals surface area (Å²) >= 11 is 5.93. The van der Waals surface area contributed by atoms with Gasteiger partial charge < -0.3 is 20.1 Å². The van der Waals surface area contributed by atoms with Crippen LogP contribution >= 0.6 is 11.6 Å². The number of rotatable bonds is 6. The van der Waals surface area contributed by atoms with E-state index in [0.717, 1.165) is 5.56 Å². The normalized spacial score (nSPS) is 10.2. The highest BCUT2D eigenvalue weighted by molar-refractivity contribution is 6.33. The van der Waals surface area contributed by atoms with Crippen molar-refractivity contribution in [2.24, 2.45) is 0 Å². The molecular weight excluding hydrogens is 344 g/mol. The largest absolute Gasteiger partial charge is 0.496 e. The van der Waals surface area contributed by atoms with Crippen molar-refractivity contribution < 1.29 is 19.1 Å². The third kappa shape index (κ3) is 4.87. The number of methoxy groups -OCH3 is 1. The molecule has 1 amide bonds. The molecule has 0 aliphatic heterocycles. The van der Waals surface area contributed by atoms with E-state index < -0.39 is 5.97 Å². The fraction of sp³-hybridized carbons (Fsp3) is 0.222. The Morgan fingerprint density at radius 3 is 2.52 bits per heavy atom. The molecule has 0 aliphatic carbocycles. The van der Waals surface area contributed by atoms with E-state index in [1.165, 1.54) is 24.1 Å². The van der Waals surface area contributed by atoms with E-state index in [1.54, 1.807) is 7.05 Å². The third-order valence-electron chi connectivity index (χ3n) is 3.55. The highest BCUT2D eigenvalue weighted by Gasteiger charge is 2.19. The van der Waals surface area contributed by atoms with Crippen molar-refractivity contribution in [2.45, 2.75) is 6.54 Å². The average Bonchev–Trinajstić information content (AvgIpc) is 2.62. The van der Waals surface area contributed by atoms with Crippen LogP contribution in [-0.2, 0) is 16.1 Å². The van der Waals surface area contributed by atoms with Gasteiger partial charge in [-0.3, -0.25) is 4.79 Å². The van der Waals surface area contributed by atoms with Crippen molar-refractivity contribution in [1.82, 2.24) is 4.90 Å². The summed E-state index contributed by atoms with van der Waals surface area (Å²) in [5.74, 6) is -0.796. The SMILES string of the molecule is COc1cc(N)c(Cl)cc1C(=O)OCC(=O)N(C)Cc1ccccc1. The Labute approximate surface area is 151 Å². The number of esters is 1. The summed E-state index contributed by atoms with van der Waals surface area (Å²) in [6, 6.07) is 12.3. The standard InChI is InChI=1S/C18H19ClN2O4/c1-21(10-12-6-4-3-5-7-12)17(22)11-25-18(23)13-8-14(19)15(20)9-16(13)24-2/h3-9H,10-11,20H2,1-2H3. The van der Waals surface area contributed by atoms with Crippen LogP contribution in [0.5, 0.6) is 5.75 Å². The maximum absolute atomic E-state index is 12.2. The fourth-order valence-electron chi connectivity index (χ4n) is 2.16. The van der Waals surface area contributed by atoms with Crippen LogP contribution in [0, 0.1) is 0 Å². The maximum Gasteiger partial charge on any atom is 0.342 e. The summed E-state index contributed by atoms with van der Waals surface area (Å²) in [7, 11) is 3.04. The minimum absolute atomic E-state index is 0.111. The minimum atomic E-state index is -0.708. The second kappa shape index (κ2) is 8.39. The van der Waals surface area contributed by atoms with Gasteiger partial charge >= 0.3 is 5.97 Å². The van der Waals surface area contributed by atoms with Crippen LogP contribution in [0.15, 0.2) is 42.5 Å². The molecule has 2 aromatic carbocycles. The predicted octanol–water partition coefficient (Wildman–Crippen LogP) is 2.75. The summed E-state index contributed by atoms with van der Waals surface area (Å²) in [6.45, 7) is 0.0432. The lowest BCUT2D eigenvalue weighted by molar-refractivity contribution is -0.133. The monoisotopic (exact) mass is 362 g/mol. The first-order valence-corrected chi connectivity index (χ1v) is 7.88. The summed E-state index contributed by atoms with van der Waals surface area (Å²) in [5, 5.41) is 0.209. The number of nitrogen functional groups attached to an aromatic ring is 1. The first-order chi connectivity index (χ1) is 11.9. The van der Waals surface area contributed by atoms with E-state index in [1.807, 2.05) is 30.3 Å². The molecule has 0 radical (unpaired) electrons. The molecule has 0 saturated heterocycles. The minimum Gasteiger partial charge on any atom is -0.496 e. The molecule has 2 aromatic rings. The zero-order valence-corrected chi connectivity index (χ0v) is 14.7. The van der Waals surface area contributed by atoms with Crippen molar-refractivity contribution in [2.75, 3.05) is 26.5 Å². The Kier molecular flexibility index (Phi) is 6.25. The van der Waals surface area contributed by atoms with Crippen LogP contribution in [0.1, 0.15) is 15.9 Å². The number of carbonyl (C=O) groups excluding carboxylic acids is 2. The van der Waals surface area contributed by atoms with E-state index in [0.29, 0.717) is 6.54 Å². The molecule has 0 atom stereocenters. The number of nitrogens with zero attached hydrogens (tertiary/aromatic N) is 1. The number of nitrogens with two attached hydrogens (primary N) is 1. The highest BCUT2D eigenvalue weighted by atomic mass is 35.5. The van der Waals surface area contributed by atoms with Gasteiger partial charge in [-0.15, -0.1) is 0 Å². The third-order valence-corrected chi connectivity index (χ3v) is 3.88. The Balaban J connectivity index is 1.97. The number of benzene rings is 2. The predicted molar refractivity (Wildman–Crippen MR) is 95.6 cm³/mol. The van der Waals surface area contributed by atoms with Crippen molar-refractivity contribution >= 4 is 29.2 Å². The molecule has 0 bridgehead atoms. The first-order valence-electron chi connectivity index (χ1n) is 7.50. The van der Waals surface area contributed by atoms with Gasteiger partial charge in [0.05, 0.1) is 17.8 Å². The lowest BCUT2D eigenvalue weighted by Gasteiger charge is -2.17. The summed E-state index contributed by atoms with van der Waals surface area (Å²) in [6.07, 6.45) is 0. The molecule has 25 heavy (non-hydrogen) atoms. The maximum atomic E-state index is 12.2. The van der Waals surface area contributed by atoms with Crippen molar-refractivity contribution in [3.05, 3.63) is 58.6 Å². The molecule has 6 nitrogen and oxygen atoms in total. The molecule has 0 saturated carbocycles. The molecule has 0 aromatic heterocycles. The lowest BCUT2D eigenvalue weighted by Crippen LogP contribution is -2.30. The summed E-state index contributed by atoms with van der Waals surface area (Å²) in [4.78, 5) is 25.8. The lowest BCUT2D eigenvalue weighted by atomic mass is 10.2. The van der Waals surface area contributed by atoms with Crippen LogP contribution in [0.4, 0.5) is 5.69 Å². The Bertz CT molecular complexity index is 765. The van der Waals surface area contributed by atoms with Crippen LogP contribution < -0.4 is 10.5 Å². The summed E-state index contributed by atoms with van der Waals surface area (Å²) in [5.41, 5.74) is 7.06. The number of anilines is 1. The topological polar surface area (TPSA) is 81.9 Å². The van der Waals surface area contributed by atoms with Crippen LogP contribution in [0.3, 0.4) is 0 Å². The number of ether oxygens (including phenoxy) is 2. The van der Waals surface area contributed by atoms with E-state index in [-0.39, 0.29) is 34.5 Å². The zero-order chi connectivity index (χ0) is 18.4. The number of halogens is 1. The molecule has 7 heteroatoms. The number of likely N-dealkylation sites (N-methyl/N-ethyl adjacent to an activating group) is 1. The Morgan fingerprint density at radius 1 is 1.20 bits per heavy atom. The van der Waals surface area contributed by atoms with Crippen LogP contribution in [0.25, 0.3) is 0 Å². The first kappa shape index (κ1) is 18.6. The van der Waals surface area contributed by atoms with Gasteiger partial charge in [0.15, 0.2) is 6.61 Å². The van der Waals surface area contributed by atoms with Gasteiger partial charge in [-0.2, -0.15) is 0 Å². The zero-order valence-electron chi connectivity index (χ0n) is 14.0. The number of carbonyl (C=O) groups is 2. The molecule has 0 fully saturated rings. The van der Waals surface area contributed by atoms with Crippen LogP contribution in [-0.4, -0.2) is 37.5 Å². The van der Waals surface area contributed by atoms with Gasteiger partial charge in [-0.1, -0.05) is 41.9 Å². The molecular formula is C18H19ClN2O4. The van der Waals surface area contributed by atoms with Gasteiger partial charge in [-0.25, -0.2) is 4.79 Å². The van der Waals surface area contributed by atoms with E-state index in [9.17, 15) is 9.59 Å². The number of hydrogen-bond donors (Lipinski definition) is 1. The molecule has 2 N–H and O–H groups in total. The second-order valence-corrected chi connectivity index (χ2v) is 5.79. The summed E-state index contributed by atoms with van der Waals surface area (Å²) < 4.78 is 10.2. The van der Waals surface area contributed by atoms with E-state index in [4.69, 9.17) is 26.8 Å². The Hall–Kier alpha value is -2.73. The molecule has 0 heterocycles. The number of amides is 1. The van der Waals surface area contributed by atoms with Gasteiger partial charge in [-0.05, 0) is 11.6 Å². The van der Waals surface area contributed by atoms with Crippen molar-refractivity contribution in [3.8, 4) is 5.75 Å². The van der Waals surface area contributed by atoms with Crippen molar-refractivity contribution in [1.29, 1.82) is 0 Å². The van der Waals surface area contributed by atoms with Crippen LogP contribution in [0.2, 0.25) is 5.02 Å². The van der Waals surface area contributed by atoms with Gasteiger partial charge in [0.25, 0.3) is 5.91 Å². The quantitative estimate of drug-likeness (QED) is 0.631. The highest BCUT2D eigenvalue weighted by Crippen LogP contribution is 2.29. The molecule has 2 rings (SSSR count). The molecule has 0 spiro atoms. The number of hydrogen-bond acceptors (Lipinski definition) is 5. The molecule has 0 unspecified atom stereocenters. The smallest absolute Gasteiger partial charge is 0.342 e. The second-order valence-electron chi connectivity index (χ2n) is 5.39. The van der Waals surface area contributed by atoms with Gasteiger partial charge in [0, 0.05) is 19.7 Å². The van der Waals surface area contributed by atoms with Crippen molar-refractivity contribution in [3.63, 3.8) is 0 Å². The van der Waals surface area contributed by atoms with Gasteiger partial charge in [0.1, 0.15) is 11.3 Å². The Morgan fingerprint density at radius 2 is 1.88 bits per heavy atom.